The first kappa shape index (κ1) is 21.1. The number of benzene rings is 1. The molecule has 7 nitrogen and oxygen atoms in total. The highest BCUT2D eigenvalue weighted by Gasteiger charge is 2.66. The predicted molar refractivity (Wildman–Crippen MR) is 102 cm³/mol. The first-order valence-electron chi connectivity index (χ1n) is 8.81. The molecule has 2 aromatic rings. The zero-order valence-electron chi connectivity index (χ0n) is 16.3. The number of carbonyl (C=O) groups is 1. The van der Waals surface area contributed by atoms with Gasteiger partial charge in [-0.2, -0.15) is 14.0 Å². The Bertz CT molecular complexity index is 1090. The number of hydrogen-bond donors (Lipinski definition) is 2. The number of pyridine rings is 1. The molecule has 0 saturated carbocycles. The van der Waals surface area contributed by atoms with Gasteiger partial charge < -0.3 is 15.8 Å². The number of nitrogens with one attached hydrogen (secondary N) is 1. The van der Waals surface area contributed by atoms with Gasteiger partial charge in [-0.3, -0.25) is 4.79 Å². The third-order valence-corrected chi connectivity index (χ3v) is 4.95. The van der Waals surface area contributed by atoms with Gasteiger partial charge in [0.25, 0.3) is 11.9 Å². The van der Waals surface area contributed by atoms with Gasteiger partial charge in [0.1, 0.15) is 17.6 Å². The van der Waals surface area contributed by atoms with Crippen LogP contribution in [-0.4, -0.2) is 28.4 Å². The maximum absolute atomic E-state index is 15.2. The van der Waals surface area contributed by atoms with Crippen LogP contribution < -0.4 is 11.1 Å². The molecular weight excluding hydrogens is 399 g/mol. The second-order valence-electron chi connectivity index (χ2n) is 7.37. The Morgan fingerprint density at radius 3 is 2.63 bits per heavy atom. The molecule has 30 heavy (non-hydrogen) atoms. The van der Waals surface area contributed by atoms with Crippen LogP contribution in [0.4, 0.5) is 18.9 Å². The van der Waals surface area contributed by atoms with E-state index in [0.29, 0.717) is 0 Å². The Kier molecular flexibility index (Phi) is 4.94. The molecule has 3 N–H and O–H groups in total. The van der Waals surface area contributed by atoms with Crippen LogP contribution >= 0.6 is 0 Å². The normalized spacial score (nSPS) is 21.7. The molecule has 2 heterocycles. The minimum absolute atomic E-state index is 0.0148. The molecule has 1 aliphatic heterocycles. The molecule has 1 aromatic carbocycles. The predicted octanol–water partition coefficient (Wildman–Crippen LogP) is 3.32. The maximum Gasteiger partial charge on any atom is 0.315 e. The molecule has 0 unspecified atom stereocenters. The van der Waals surface area contributed by atoms with Crippen molar-refractivity contribution in [1.82, 2.24) is 4.98 Å². The summed E-state index contributed by atoms with van der Waals surface area (Å²) in [5, 5.41) is 11.5. The van der Waals surface area contributed by atoms with Gasteiger partial charge in [0.05, 0.1) is 5.56 Å². The molecule has 1 aromatic heterocycles. The van der Waals surface area contributed by atoms with E-state index >= 15 is 8.78 Å². The molecular formula is C20H18F3N5O2. The van der Waals surface area contributed by atoms with E-state index in [1.165, 1.54) is 24.4 Å². The number of amidine groups is 1. The molecule has 0 radical (unpaired) electrons. The number of carbonyl (C=O) groups excluding carboxylic acids is 1. The smallest absolute Gasteiger partial charge is 0.315 e. The minimum atomic E-state index is -3.65. The van der Waals surface area contributed by atoms with Crippen LogP contribution in [0.15, 0.2) is 41.5 Å². The summed E-state index contributed by atoms with van der Waals surface area (Å²) in [7, 11) is 0. The van der Waals surface area contributed by atoms with Gasteiger partial charge in [-0.1, -0.05) is 0 Å². The average molecular weight is 417 g/mol. The van der Waals surface area contributed by atoms with E-state index in [2.05, 4.69) is 15.3 Å². The lowest BCUT2D eigenvalue weighted by molar-refractivity contribution is -0.207. The van der Waals surface area contributed by atoms with E-state index < -0.39 is 40.4 Å². The maximum atomic E-state index is 15.2. The number of anilines is 1. The number of halogens is 3. The molecule has 3 rings (SSSR count). The van der Waals surface area contributed by atoms with Crippen LogP contribution in [0.1, 0.15) is 42.4 Å². The largest absolute Gasteiger partial charge is 0.453 e. The Morgan fingerprint density at radius 1 is 1.27 bits per heavy atom. The first-order valence-corrected chi connectivity index (χ1v) is 8.81. The molecule has 156 valence electrons. The van der Waals surface area contributed by atoms with Crippen LogP contribution in [0, 0.1) is 17.1 Å². The molecule has 0 fully saturated rings. The number of nitriles is 1. The van der Waals surface area contributed by atoms with Gasteiger partial charge in [-0.15, -0.1) is 0 Å². The van der Waals surface area contributed by atoms with E-state index in [1.807, 2.05) is 6.07 Å². The fourth-order valence-corrected chi connectivity index (χ4v) is 3.30. The van der Waals surface area contributed by atoms with Crippen molar-refractivity contribution in [3.8, 4) is 6.07 Å². The highest BCUT2D eigenvalue weighted by molar-refractivity contribution is 6.04. The van der Waals surface area contributed by atoms with E-state index in [-0.39, 0.29) is 16.9 Å². The van der Waals surface area contributed by atoms with E-state index in [9.17, 15) is 9.18 Å². The fourth-order valence-electron chi connectivity index (χ4n) is 3.30. The number of aliphatic imine (C=N–C) groups is 1. The van der Waals surface area contributed by atoms with Crippen molar-refractivity contribution in [2.24, 2.45) is 10.7 Å². The number of aromatic nitrogens is 1. The van der Waals surface area contributed by atoms with E-state index in [4.69, 9.17) is 15.7 Å². The van der Waals surface area contributed by atoms with Crippen LogP contribution in [-0.2, 0) is 10.3 Å². The molecule has 0 saturated heterocycles. The Balaban J connectivity index is 2.05. The number of amides is 1. The zero-order chi connectivity index (χ0) is 22.3. The molecule has 1 aliphatic rings. The fraction of sp³-hybridized carbons (Fsp3) is 0.300. The topological polar surface area (TPSA) is 113 Å². The summed E-state index contributed by atoms with van der Waals surface area (Å²) in [6.07, 6.45) is 1.33. The molecule has 0 bridgehead atoms. The lowest BCUT2D eigenvalue weighted by atomic mass is 9.77. The van der Waals surface area contributed by atoms with Gasteiger partial charge in [0.15, 0.2) is 11.1 Å². The highest BCUT2D eigenvalue weighted by Crippen LogP contribution is 2.51. The number of ether oxygens (including phenoxy) is 1. The standard InChI is InChI=1S/C20H18F3N5O2/c1-18(2)20(22,23)19(3,28-17(25)30-18)13-9-12(6-7-14(13)21)27-16(29)15-11(10-24)5-4-8-26-15/h4-9H,1-3H3,(H2,25,28)(H,27,29)/t19-/m1/s1. The minimum Gasteiger partial charge on any atom is -0.453 e. The summed E-state index contributed by atoms with van der Waals surface area (Å²) < 4.78 is 50.1. The van der Waals surface area contributed by atoms with Crippen molar-refractivity contribution in [1.29, 1.82) is 5.26 Å². The van der Waals surface area contributed by atoms with E-state index in [1.54, 1.807) is 0 Å². The van der Waals surface area contributed by atoms with Crippen LogP contribution in [0.25, 0.3) is 0 Å². The second-order valence-corrected chi connectivity index (χ2v) is 7.37. The number of hydrogen-bond acceptors (Lipinski definition) is 6. The van der Waals surface area contributed by atoms with Gasteiger partial charge in [0.2, 0.25) is 0 Å². The average Bonchev–Trinajstić information content (AvgIpc) is 2.67. The quantitative estimate of drug-likeness (QED) is 0.795. The van der Waals surface area contributed by atoms with Crippen molar-refractivity contribution in [3.63, 3.8) is 0 Å². The summed E-state index contributed by atoms with van der Waals surface area (Å²) >= 11 is 0. The summed E-state index contributed by atoms with van der Waals surface area (Å²) in [5.74, 6) is -5.36. The van der Waals surface area contributed by atoms with Gasteiger partial charge >= 0.3 is 5.92 Å². The van der Waals surface area contributed by atoms with E-state index in [0.717, 1.165) is 32.9 Å². The van der Waals surface area contributed by atoms with Crippen LogP contribution in [0.5, 0.6) is 0 Å². The van der Waals surface area contributed by atoms with Crippen molar-refractivity contribution >= 4 is 17.6 Å². The van der Waals surface area contributed by atoms with Gasteiger partial charge in [0, 0.05) is 17.4 Å². The first-order chi connectivity index (χ1) is 13.9. The molecule has 0 aliphatic carbocycles. The van der Waals surface area contributed by atoms with Gasteiger partial charge in [-0.25, -0.2) is 14.4 Å². The monoisotopic (exact) mass is 417 g/mol. The summed E-state index contributed by atoms with van der Waals surface area (Å²) in [5.41, 5.74) is 0.534. The number of rotatable bonds is 3. The Morgan fingerprint density at radius 2 is 1.97 bits per heavy atom. The van der Waals surface area contributed by atoms with Crippen LogP contribution in [0.2, 0.25) is 0 Å². The number of nitrogens with zero attached hydrogens (tertiary/aromatic N) is 3. The Labute approximate surface area is 170 Å². The highest BCUT2D eigenvalue weighted by atomic mass is 19.3. The van der Waals surface area contributed by atoms with Crippen molar-refractivity contribution < 1.29 is 22.7 Å². The lowest BCUT2D eigenvalue weighted by Gasteiger charge is -2.46. The number of alkyl halides is 2. The van der Waals surface area contributed by atoms with Crippen LogP contribution in [0.3, 0.4) is 0 Å². The summed E-state index contributed by atoms with van der Waals surface area (Å²) in [6.45, 7) is 3.29. The lowest BCUT2D eigenvalue weighted by Crippen LogP contribution is -2.62. The third kappa shape index (κ3) is 3.22. The SMILES string of the molecule is CC1(C)OC(N)=N[C@](C)(c2cc(NC(=O)c3ncccc3C#N)ccc2F)C1(F)F. The molecule has 1 amide bonds. The Hall–Kier alpha value is -3.61. The van der Waals surface area contributed by atoms with Gasteiger partial charge in [-0.05, 0) is 51.1 Å². The number of nitrogens with two attached hydrogens (primary N) is 1. The molecule has 0 spiro atoms. The molecule has 10 heteroatoms. The summed E-state index contributed by atoms with van der Waals surface area (Å²) in [6, 6.07) is 7.41. The second kappa shape index (κ2) is 7.02. The summed E-state index contributed by atoms with van der Waals surface area (Å²) in [4.78, 5) is 20.1. The van der Waals surface area contributed by atoms with Crippen molar-refractivity contribution in [2.45, 2.75) is 37.8 Å². The third-order valence-electron chi connectivity index (χ3n) is 4.95. The van der Waals surface area contributed by atoms with Crippen molar-refractivity contribution in [3.05, 3.63) is 59.2 Å². The van der Waals surface area contributed by atoms with Crippen molar-refractivity contribution in [2.75, 3.05) is 5.32 Å². The zero-order valence-corrected chi connectivity index (χ0v) is 16.3. The molecule has 1 atom stereocenters.